The molecule has 0 radical (unpaired) electrons. The van der Waals surface area contributed by atoms with Crippen LogP contribution in [-0.2, 0) is 28.7 Å². The van der Waals surface area contributed by atoms with Gasteiger partial charge in [0.2, 0.25) is 23.6 Å². The summed E-state index contributed by atoms with van der Waals surface area (Å²) in [6.07, 6.45) is -2.10. The molecule has 2 aromatic carbocycles. The quantitative estimate of drug-likeness (QED) is 0.107. The molecular formula is C62H84N12O12. The molecule has 86 heavy (non-hydrogen) atoms. The van der Waals surface area contributed by atoms with Gasteiger partial charge in [0.05, 0.1) is 47.6 Å². The van der Waals surface area contributed by atoms with Gasteiger partial charge in [-0.2, -0.15) is 10.5 Å². The minimum atomic E-state index is -0.840. The van der Waals surface area contributed by atoms with Crippen LogP contribution in [0.1, 0.15) is 154 Å². The summed E-state index contributed by atoms with van der Waals surface area (Å²) in [7, 11) is 0. The average Bonchev–Trinajstić information content (AvgIpc) is 2.19. The van der Waals surface area contributed by atoms with E-state index in [-0.39, 0.29) is 85.7 Å². The number of carbonyl (C=O) groups is 6. The Labute approximate surface area is 503 Å². The Morgan fingerprint density at radius 3 is 1.17 bits per heavy atom. The van der Waals surface area contributed by atoms with Gasteiger partial charge < -0.3 is 68.8 Å². The number of nitrogens with zero attached hydrogens (tertiary/aromatic N) is 10. The Morgan fingerprint density at radius 2 is 0.884 bits per heavy atom. The fourth-order valence-corrected chi connectivity index (χ4v) is 11.0. The minimum Gasteiger partial charge on any atom is -0.444 e. The molecule has 6 heterocycles. The molecule has 0 aliphatic carbocycles. The predicted octanol–water partition coefficient (Wildman–Crippen LogP) is 6.36. The summed E-state index contributed by atoms with van der Waals surface area (Å²) >= 11 is 0. The normalized spacial score (nSPS) is 20.5. The Hall–Kier alpha value is -8.22. The van der Waals surface area contributed by atoms with E-state index < -0.39 is 47.3 Å². The number of β-amino-alcohol motifs (C(OH)–C–C–N with tert-alkyl or cyclic N) is 2. The van der Waals surface area contributed by atoms with Crippen LogP contribution in [0.4, 0.5) is 21.2 Å². The molecule has 24 heteroatoms. The maximum absolute atomic E-state index is 13.9. The zero-order valence-corrected chi connectivity index (χ0v) is 51.5. The van der Waals surface area contributed by atoms with Gasteiger partial charge in [-0.05, 0) is 103 Å². The molecule has 0 bridgehead atoms. The lowest BCUT2D eigenvalue weighted by Gasteiger charge is -2.35. The molecule has 4 saturated heterocycles. The van der Waals surface area contributed by atoms with Crippen LogP contribution in [0.2, 0.25) is 0 Å². The number of rotatable bonds is 14. The van der Waals surface area contributed by atoms with E-state index in [1.165, 1.54) is 9.80 Å². The molecule has 4 N–H and O–H groups in total. The number of nitriles is 2. The maximum atomic E-state index is 13.9. The second-order valence-electron chi connectivity index (χ2n) is 25.2. The van der Waals surface area contributed by atoms with E-state index in [0.717, 1.165) is 11.1 Å². The van der Waals surface area contributed by atoms with Crippen LogP contribution in [0, 0.1) is 34.5 Å². The van der Waals surface area contributed by atoms with Crippen molar-refractivity contribution in [3.8, 4) is 12.1 Å². The number of aromatic nitrogens is 2. The second-order valence-corrected chi connectivity index (χ2v) is 25.2. The van der Waals surface area contributed by atoms with Crippen molar-refractivity contribution in [2.24, 2.45) is 11.8 Å². The number of aliphatic hydroxyl groups is 2. The fraction of sp³-hybridized carbons (Fsp3) is 0.581. The smallest absolute Gasteiger partial charge is 0.410 e. The fourth-order valence-electron chi connectivity index (χ4n) is 11.0. The number of aliphatic hydroxyl groups excluding tert-OH is 2. The Balaban J connectivity index is 0.000000246. The van der Waals surface area contributed by atoms with Gasteiger partial charge in [-0.25, -0.2) is 9.59 Å². The van der Waals surface area contributed by atoms with Crippen molar-refractivity contribution in [2.75, 3.05) is 75.2 Å². The molecule has 4 aliphatic rings. The van der Waals surface area contributed by atoms with Gasteiger partial charge in [-0.1, -0.05) is 62.3 Å². The van der Waals surface area contributed by atoms with E-state index in [2.05, 4.69) is 33.1 Å². The van der Waals surface area contributed by atoms with Gasteiger partial charge >= 0.3 is 12.2 Å². The highest BCUT2D eigenvalue weighted by molar-refractivity contribution is 5.92. The maximum Gasteiger partial charge on any atom is 0.410 e. The molecule has 0 spiro atoms. The number of likely N-dealkylation sites (tertiary alicyclic amines) is 2. The highest BCUT2D eigenvalue weighted by Gasteiger charge is 2.46. The summed E-state index contributed by atoms with van der Waals surface area (Å²) in [5, 5.41) is 53.4. The van der Waals surface area contributed by atoms with Crippen LogP contribution in [0.15, 0.2) is 69.7 Å². The van der Waals surface area contributed by atoms with Gasteiger partial charge in [0.25, 0.3) is 0 Å². The van der Waals surface area contributed by atoms with Gasteiger partial charge in [0.15, 0.2) is 23.2 Å². The van der Waals surface area contributed by atoms with Crippen molar-refractivity contribution in [3.05, 3.63) is 94.4 Å². The molecule has 2 aromatic heterocycles. The SMILES string of the molecule is CC(C)C(C(=O)N1C[C@H](O)C[C@H]1C(=O)N[C@@H](C)c1ccc(C#N)cc1)c1cc(N2CCN(C(=O)OC(C)(C)C)CC2)no1.CC(C)[C@@H](C(=O)N1C[C@H](O)C[C@H]1C(=O)N[C@@H](C)c1ccc(C#N)cc1)c1cc(N2CCN(C(=O)OC(C)(C)C)CC2)no1. The third-order valence-electron chi connectivity index (χ3n) is 15.5. The molecule has 4 fully saturated rings. The Morgan fingerprint density at radius 1 is 0.558 bits per heavy atom. The van der Waals surface area contributed by atoms with E-state index in [4.69, 9.17) is 29.0 Å². The van der Waals surface area contributed by atoms with Crippen molar-refractivity contribution in [3.63, 3.8) is 0 Å². The standard InChI is InChI=1S/2C31H42N6O6/c2*1-19(2)27(25-16-26(34-43-25)35-11-13-36(14-12-35)30(41)42-31(4,5)6)29(40)37-18-23(38)15-24(37)28(39)33-20(3)22-9-7-21(17-32)8-10-22/h2*7-10,16,19-20,23-24,27,38H,11-15,18H2,1-6H3,(H,33,39)/t20-,23+,24-,27?;20-,23+,24-,27+/m00/s1. The van der Waals surface area contributed by atoms with Crippen LogP contribution in [0.25, 0.3) is 0 Å². The lowest BCUT2D eigenvalue weighted by molar-refractivity contribution is -0.141. The van der Waals surface area contributed by atoms with Gasteiger partial charge in [-0.3, -0.25) is 19.2 Å². The van der Waals surface area contributed by atoms with Gasteiger partial charge in [-0.15, -0.1) is 0 Å². The monoisotopic (exact) mass is 1190 g/mol. The predicted molar refractivity (Wildman–Crippen MR) is 316 cm³/mol. The van der Waals surface area contributed by atoms with Crippen molar-refractivity contribution >= 4 is 47.5 Å². The molecular weight excluding hydrogens is 1100 g/mol. The zero-order valence-electron chi connectivity index (χ0n) is 51.5. The number of anilines is 2. The Kier molecular flexibility index (Phi) is 21.2. The summed E-state index contributed by atoms with van der Waals surface area (Å²) in [6, 6.07) is 19.1. The van der Waals surface area contributed by atoms with E-state index in [0.29, 0.717) is 86.6 Å². The first-order valence-corrected chi connectivity index (χ1v) is 29.5. The number of ether oxygens (including phenoxy) is 2. The van der Waals surface area contributed by atoms with Crippen LogP contribution < -0.4 is 20.4 Å². The van der Waals surface area contributed by atoms with Crippen molar-refractivity contribution < 1.29 is 57.5 Å². The average molecular weight is 1190 g/mol. The molecule has 0 saturated carbocycles. The summed E-state index contributed by atoms with van der Waals surface area (Å²) < 4.78 is 22.3. The van der Waals surface area contributed by atoms with Crippen LogP contribution >= 0.6 is 0 Å². The lowest BCUT2D eigenvalue weighted by atomic mass is 9.91. The van der Waals surface area contributed by atoms with Crippen molar-refractivity contribution in [2.45, 2.75) is 155 Å². The number of nitrogens with one attached hydrogen (secondary N) is 2. The zero-order chi connectivity index (χ0) is 62.9. The molecule has 1 unspecified atom stereocenters. The number of hydrogen-bond acceptors (Lipinski definition) is 18. The van der Waals surface area contributed by atoms with Crippen LogP contribution in [0.5, 0.6) is 0 Å². The number of amides is 6. The van der Waals surface area contributed by atoms with E-state index in [1.807, 2.05) is 92.9 Å². The highest BCUT2D eigenvalue weighted by Crippen LogP contribution is 2.35. The van der Waals surface area contributed by atoms with Gasteiger partial charge in [0, 0.05) is 90.4 Å². The topological polar surface area (TPSA) is 304 Å². The molecule has 464 valence electrons. The van der Waals surface area contributed by atoms with Gasteiger partial charge in [0.1, 0.15) is 35.1 Å². The van der Waals surface area contributed by atoms with Crippen LogP contribution in [-0.4, -0.2) is 177 Å². The first-order chi connectivity index (χ1) is 40.5. The first kappa shape index (κ1) is 65.3. The third kappa shape index (κ3) is 16.6. The second kappa shape index (κ2) is 27.9. The first-order valence-electron chi connectivity index (χ1n) is 29.5. The summed E-state index contributed by atoms with van der Waals surface area (Å²) in [6.45, 7) is 26.3. The van der Waals surface area contributed by atoms with Crippen LogP contribution in [0.3, 0.4) is 0 Å². The highest BCUT2D eigenvalue weighted by atomic mass is 16.6. The Bertz CT molecular complexity index is 2880. The number of carbonyl (C=O) groups excluding carboxylic acids is 6. The molecule has 8 rings (SSSR count). The van der Waals surface area contributed by atoms with E-state index in [9.17, 15) is 39.0 Å². The molecule has 4 aliphatic heterocycles. The van der Waals surface area contributed by atoms with Crippen molar-refractivity contribution in [1.29, 1.82) is 10.5 Å². The summed E-state index contributed by atoms with van der Waals surface area (Å²) in [4.78, 5) is 89.6. The van der Waals surface area contributed by atoms with E-state index >= 15 is 0 Å². The number of benzene rings is 2. The molecule has 8 atom stereocenters. The summed E-state index contributed by atoms with van der Waals surface area (Å²) in [5.41, 5.74) is 1.56. The molecule has 4 aromatic rings. The number of piperazine rings is 2. The van der Waals surface area contributed by atoms with E-state index in [1.54, 1.807) is 70.5 Å². The lowest BCUT2D eigenvalue weighted by Crippen LogP contribution is -2.50. The number of hydrogen-bond donors (Lipinski definition) is 4. The summed E-state index contributed by atoms with van der Waals surface area (Å²) in [5.74, 6) is -1.17. The third-order valence-corrected chi connectivity index (χ3v) is 15.5. The minimum absolute atomic E-state index is 0.0407. The largest absolute Gasteiger partial charge is 0.444 e. The molecule has 6 amide bonds. The molecule has 24 nitrogen and oxygen atoms in total. The van der Waals surface area contributed by atoms with Crippen molar-refractivity contribution in [1.82, 2.24) is 40.5 Å².